The maximum Gasteiger partial charge on any atom is 0.214 e. The lowest BCUT2D eigenvalue weighted by Crippen LogP contribution is -1.96. The first-order valence-electron chi connectivity index (χ1n) is 7.03. The molecule has 3 aromatic rings. The molecule has 0 unspecified atom stereocenters. The van der Waals surface area contributed by atoms with Crippen molar-refractivity contribution in [2.45, 2.75) is 27.2 Å². The molecule has 22 heavy (non-hydrogen) atoms. The molecule has 112 valence electrons. The van der Waals surface area contributed by atoms with Crippen LogP contribution in [0.15, 0.2) is 12.1 Å². The lowest BCUT2D eigenvalue weighted by Gasteiger charge is -2.10. The zero-order chi connectivity index (χ0) is 15.9. The Labute approximate surface area is 132 Å². The van der Waals surface area contributed by atoms with Crippen LogP contribution in [0.3, 0.4) is 0 Å². The third-order valence-electron chi connectivity index (χ3n) is 3.63. The van der Waals surface area contributed by atoms with Crippen LogP contribution in [0.25, 0.3) is 16.2 Å². The van der Waals surface area contributed by atoms with E-state index < -0.39 is 0 Å². The molecule has 2 aromatic heterocycles. The summed E-state index contributed by atoms with van der Waals surface area (Å²) in [6.07, 6.45) is 0.842. The van der Waals surface area contributed by atoms with Gasteiger partial charge in [-0.2, -0.15) is 14.9 Å². The second-order valence-corrected chi connectivity index (χ2v) is 6.14. The highest BCUT2D eigenvalue weighted by molar-refractivity contribution is 7.16. The summed E-state index contributed by atoms with van der Waals surface area (Å²) in [6.45, 7) is 6.05. The van der Waals surface area contributed by atoms with Crippen molar-refractivity contribution < 1.29 is 4.74 Å². The standard InChI is InChI=1S/C16H16N4OS/c1-5-13-19-20-12(8-17)15(18-16(20)22-13)14-9(2)6-11(21-4)7-10(14)3/h6-7H,5H2,1-4H3. The predicted molar refractivity (Wildman–Crippen MR) is 86.4 cm³/mol. The Morgan fingerprint density at radius 3 is 2.55 bits per heavy atom. The molecule has 0 spiro atoms. The summed E-state index contributed by atoms with van der Waals surface area (Å²) in [4.78, 5) is 5.42. The third kappa shape index (κ3) is 2.14. The fraction of sp³-hybridized carbons (Fsp3) is 0.312. The van der Waals surface area contributed by atoms with E-state index in [4.69, 9.17) is 4.74 Å². The minimum Gasteiger partial charge on any atom is -0.497 e. The molecule has 5 nitrogen and oxygen atoms in total. The van der Waals surface area contributed by atoms with E-state index in [2.05, 4.69) is 16.2 Å². The van der Waals surface area contributed by atoms with E-state index in [0.29, 0.717) is 11.4 Å². The van der Waals surface area contributed by atoms with Gasteiger partial charge in [0.05, 0.1) is 7.11 Å². The molecular weight excluding hydrogens is 296 g/mol. The van der Waals surface area contributed by atoms with Crippen molar-refractivity contribution in [3.63, 3.8) is 0 Å². The van der Waals surface area contributed by atoms with Gasteiger partial charge in [0, 0.05) is 5.56 Å². The van der Waals surface area contributed by atoms with Gasteiger partial charge < -0.3 is 4.74 Å². The Balaban J connectivity index is 2.27. The summed E-state index contributed by atoms with van der Waals surface area (Å²) in [6, 6.07) is 6.17. The van der Waals surface area contributed by atoms with Crippen molar-refractivity contribution >= 4 is 16.3 Å². The monoisotopic (exact) mass is 312 g/mol. The molecule has 6 heteroatoms. The van der Waals surface area contributed by atoms with Crippen molar-refractivity contribution in [1.82, 2.24) is 14.6 Å². The van der Waals surface area contributed by atoms with E-state index in [0.717, 1.165) is 38.8 Å². The summed E-state index contributed by atoms with van der Waals surface area (Å²) >= 11 is 1.53. The van der Waals surface area contributed by atoms with Crippen LogP contribution in [0, 0.1) is 25.2 Å². The average molecular weight is 312 g/mol. The SMILES string of the molecule is CCc1nn2c(C#N)c(-c3c(C)cc(OC)cc3C)nc2s1. The Bertz CT molecular complexity index is 878. The first-order chi connectivity index (χ1) is 10.6. The lowest BCUT2D eigenvalue weighted by atomic mass is 9.98. The maximum atomic E-state index is 9.56. The van der Waals surface area contributed by atoms with Gasteiger partial charge in [-0.15, -0.1) is 0 Å². The van der Waals surface area contributed by atoms with Gasteiger partial charge in [0.15, 0.2) is 5.69 Å². The molecule has 0 aliphatic carbocycles. The van der Waals surface area contributed by atoms with Crippen LogP contribution in [0.2, 0.25) is 0 Å². The van der Waals surface area contributed by atoms with Crippen LogP contribution in [0.5, 0.6) is 5.75 Å². The molecule has 0 amide bonds. The summed E-state index contributed by atoms with van der Waals surface area (Å²) < 4.78 is 6.95. The van der Waals surface area contributed by atoms with Crippen LogP contribution >= 0.6 is 11.3 Å². The summed E-state index contributed by atoms with van der Waals surface area (Å²) in [5, 5.41) is 15.0. The van der Waals surface area contributed by atoms with Crippen LogP contribution in [-0.2, 0) is 6.42 Å². The van der Waals surface area contributed by atoms with Gasteiger partial charge in [0.25, 0.3) is 0 Å². The number of benzene rings is 1. The minimum absolute atomic E-state index is 0.488. The Morgan fingerprint density at radius 1 is 1.32 bits per heavy atom. The Hall–Kier alpha value is -2.39. The smallest absolute Gasteiger partial charge is 0.214 e. The summed E-state index contributed by atoms with van der Waals surface area (Å²) in [5.74, 6) is 0.810. The average Bonchev–Trinajstić information content (AvgIpc) is 3.03. The Kier molecular flexibility index (Phi) is 3.59. The number of rotatable bonds is 3. The van der Waals surface area contributed by atoms with Crippen molar-refractivity contribution in [3.05, 3.63) is 34.0 Å². The predicted octanol–water partition coefficient (Wildman–Crippen LogP) is 3.52. The number of ether oxygens (including phenoxy) is 1. The van der Waals surface area contributed by atoms with Gasteiger partial charge >= 0.3 is 0 Å². The summed E-state index contributed by atoms with van der Waals surface area (Å²) in [5.41, 5.74) is 4.24. The van der Waals surface area contributed by atoms with E-state index in [9.17, 15) is 5.26 Å². The summed E-state index contributed by atoms with van der Waals surface area (Å²) in [7, 11) is 1.65. The zero-order valence-corrected chi connectivity index (χ0v) is 13.8. The number of aromatic nitrogens is 3. The highest BCUT2D eigenvalue weighted by atomic mass is 32.1. The molecule has 0 aliphatic heterocycles. The van der Waals surface area contributed by atoms with Gasteiger partial charge in [-0.05, 0) is 43.5 Å². The molecular formula is C16H16N4OS. The number of hydrogen-bond donors (Lipinski definition) is 0. The van der Waals surface area contributed by atoms with E-state index in [1.165, 1.54) is 11.3 Å². The number of imidazole rings is 1. The highest BCUT2D eigenvalue weighted by Crippen LogP contribution is 2.33. The molecule has 1 aromatic carbocycles. The largest absolute Gasteiger partial charge is 0.497 e. The second kappa shape index (κ2) is 5.43. The van der Waals surface area contributed by atoms with Gasteiger partial charge in [-0.25, -0.2) is 4.98 Å². The molecule has 0 aliphatic rings. The quantitative estimate of drug-likeness (QED) is 0.742. The zero-order valence-electron chi connectivity index (χ0n) is 13.0. The molecule has 0 fully saturated rings. The Morgan fingerprint density at radius 2 is 2.00 bits per heavy atom. The number of nitriles is 1. The van der Waals surface area contributed by atoms with E-state index >= 15 is 0 Å². The first-order valence-corrected chi connectivity index (χ1v) is 7.84. The van der Waals surface area contributed by atoms with Crippen LogP contribution in [-0.4, -0.2) is 21.7 Å². The number of fused-ring (bicyclic) bond motifs is 1. The molecule has 3 rings (SSSR count). The van der Waals surface area contributed by atoms with Gasteiger partial charge in [0.2, 0.25) is 4.96 Å². The number of nitrogens with zero attached hydrogens (tertiary/aromatic N) is 4. The third-order valence-corrected chi connectivity index (χ3v) is 4.69. The van der Waals surface area contributed by atoms with Crippen LogP contribution < -0.4 is 4.74 Å². The fourth-order valence-electron chi connectivity index (χ4n) is 2.62. The normalized spacial score (nSPS) is 10.9. The minimum atomic E-state index is 0.488. The van der Waals surface area contributed by atoms with Gasteiger partial charge in [-0.3, -0.25) is 0 Å². The molecule has 0 N–H and O–H groups in total. The molecule has 0 bridgehead atoms. The van der Waals surface area contributed by atoms with Crippen molar-refractivity contribution in [2.75, 3.05) is 7.11 Å². The van der Waals surface area contributed by atoms with Crippen molar-refractivity contribution in [1.29, 1.82) is 5.26 Å². The lowest BCUT2D eigenvalue weighted by molar-refractivity contribution is 0.414. The maximum absolute atomic E-state index is 9.56. The van der Waals surface area contributed by atoms with Gasteiger partial charge in [-0.1, -0.05) is 18.3 Å². The van der Waals surface area contributed by atoms with Crippen molar-refractivity contribution in [2.24, 2.45) is 0 Å². The van der Waals surface area contributed by atoms with E-state index in [-0.39, 0.29) is 0 Å². The van der Waals surface area contributed by atoms with E-state index in [1.807, 2.05) is 32.9 Å². The molecule has 0 saturated carbocycles. The molecule has 2 heterocycles. The van der Waals surface area contributed by atoms with E-state index in [1.54, 1.807) is 11.6 Å². The molecule has 0 atom stereocenters. The number of aryl methyl sites for hydroxylation is 3. The molecule has 0 radical (unpaired) electrons. The van der Waals surface area contributed by atoms with Crippen LogP contribution in [0.1, 0.15) is 28.8 Å². The topological polar surface area (TPSA) is 63.2 Å². The van der Waals surface area contributed by atoms with Gasteiger partial charge in [0.1, 0.15) is 22.5 Å². The fourth-order valence-corrected chi connectivity index (χ4v) is 3.45. The highest BCUT2D eigenvalue weighted by Gasteiger charge is 2.20. The number of methoxy groups -OCH3 is 1. The first kappa shape index (κ1) is 14.5. The van der Waals surface area contributed by atoms with Crippen molar-refractivity contribution in [3.8, 4) is 23.1 Å². The van der Waals surface area contributed by atoms with Crippen LogP contribution in [0.4, 0.5) is 0 Å². The second-order valence-electron chi connectivity index (χ2n) is 5.10. The molecule has 0 saturated heterocycles. The number of hydrogen-bond acceptors (Lipinski definition) is 5.